The van der Waals surface area contributed by atoms with Crippen LogP contribution < -0.4 is 5.56 Å². The van der Waals surface area contributed by atoms with Crippen LogP contribution in [0.5, 0.6) is 0 Å². The summed E-state index contributed by atoms with van der Waals surface area (Å²) in [6.07, 6.45) is 15.7. The molecule has 2 aliphatic carbocycles. The highest BCUT2D eigenvalue weighted by Crippen LogP contribution is 2.52. The van der Waals surface area contributed by atoms with Gasteiger partial charge in [0, 0.05) is 4.47 Å². The molecule has 3 heterocycles. The van der Waals surface area contributed by atoms with Gasteiger partial charge in [-0.15, -0.1) is 0 Å². The highest BCUT2D eigenvalue weighted by Gasteiger charge is 2.46. The van der Waals surface area contributed by atoms with Gasteiger partial charge < -0.3 is 4.90 Å². The van der Waals surface area contributed by atoms with E-state index in [0.29, 0.717) is 11.3 Å². The molecule has 0 radical (unpaired) electrons. The van der Waals surface area contributed by atoms with E-state index in [1.165, 1.54) is 81.0 Å². The molecule has 2 aromatic carbocycles. The molecule has 1 saturated heterocycles. The Kier molecular flexibility index (Phi) is 7.52. The molecule has 4 nitrogen and oxygen atoms in total. The molecule has 38 heavy (non-hydrogen) atoms. The molecular formula is C33H42BrN3O. The van der Waals surface area contributed by atoms with Gasteiger partial charge in [-0.3, -0.25) is 9.36 Å². The third-order valence-corrected chi connectivity index (χ3v) is 10.5. The summed E-state index contributed by atoms with van der Waals surface area (Å²) in [5, 5.41) is 0.690. The number of hydrogen-bond acceptors (Lipinski definition) is 3. The Labute approximate surface area is 236 Å². The molecular weight excluding hydrogens is 534 g/mol. The van der Waals surface area contributed by atoms with Gasteiger partial charge in [-0.1, -0.05) is 76.5 Å². The number of piperidine rings is 1. The van der Waals surface area contributed by atoms with Crippen LogP contribution in [0.4, 0.5) is 0 Å². The predicted molar refractivity (Wildman–Crippen MR) is 161 cm³/mol. The molecule has 3 aromatic rings. The van der Waals surface area contributed by atoms with Crippen molar-refractivity contribution in [2.24, 2.45) is 5.92 Å². The number of aromatic nitrogens is 2. The SMILES string of the molecule is CC1CCCCC1.CN1CCC(c2ccc3c(c2)-n2c(nc(=O)c4c(Br)cccc42)C32CCCCC2)CC1. The van der Waals surface area contributed by atoms with Crippen LogP contribution in [0.1, 0.15) is 107 Å². The van der Waals surface area contributed by atoms with Crippen molar-refractivity contribution in [2.45, 2.75) is 95.3 Å². The average Bonchev–Trinajstić information content (AvgIpc) is 3.18. The van der Waals surface area contributed by atoms with Crippen LogP contribution in [0.25, 0.3) is 16.6 Å². The van der Waals surface area contributed by atoms with E-state index in [-0.39, 0.29) is 11.0 Å². The Balaban J connectivity index is 0.000000330. The Bertz CT molecular complexity index is 1360. The second-order valence-electron chi connectivity index (χ2n) is 12.5. The molecule has 1 spiro atoms. The van der Waals surface area contributed by atoms with Gasteiger partial charge in [-0.25, -0.2) is 0 Å². The lowest BCUT2D eigenvalue weighted by atomic mass is 9.69. The Hall–Kier alpha value is -1.98. The Morgan fingerprint density at radius 2 is 1.63 bits per heavy atom. The van der Waals surface area contributed by atoms with Crippen molar-refractivity contribution in [3.8, 4) is 5.69 Å². The molecule has 2 aliphatic heterocycles. The summed E-state index contributed by atoms with van der Waals surface area (Å²) in [4.78, 5) is 20.3. The number of likely N-dealkylation sites (tertiary alicyclic amines) is 1. The highest BCUT2D eigenvalue weighted by atomic mass is 79.9. The second-order valence-corrected chi connectivity index (χ2v) is 13.3. The zero-order chi connectivity index (χ0) is 26.3. The number of rotatable bonds is 1. The molecule has 3 fully saturated rings. The molecule has 0 bridgehead atoms. The van der Waals surface area contributed by atoms with Gasteiger partial charge in [0.05, 0.1) is 22.0 Å². The number of halogens is 1. The standard InChI is InChI=1S/C26H28BrN3O.C7H14/c1-29-14-10-17(11-15-29)18-8-9-19-22(16-18)30-21-7-5-6-20(27)23(21)24(31)28-25(30)26(19)12-3-2-4-13-26;1-7-5-3-2-4-6-7/h5-9,16-17H,2-4,10-15H2,1H3;7H,2-6H2,1H3. The van der Waals surface area contributed by atoms with Crippen molar-refractivity contribution < 1.29 is 0 Å². The van der Waals surface area contributed by atoms with E-state index in [1.54, 1.807) is 0 Å². The lowest BCUT2D eigenvalue weighted by molar-refractivity contribution is 0.255. The normalized spacial score (nSPS) is 21.7. The molecule has 0 unspecified atom stereocenters. The third-order valence-electron chi connectivity index (χ3n) is 9.86. The fourth-order valence-electron chi connectivity index (χ4n) is 7.60. The Morgan fingerprint density at radius 1 is 0.921 bits per heavy atom. The van der Waals surface area contributed by atoms with Crippen molar-refractivity contribution in [1.29, 1.82) is 0 Å². The zero-order valence-corrected chi connectivity index (χ0v) is 24.7. The molecule has 4 aliphatic rings. The summed E-state index contributed by atoms with van der Waals surface area (Å²) in [5.41, 5.74) is 4.82. The first-order valence-electron chi connectivity index (χ1n) is 15.0. The van der Waals surface area contributed by atoms with Gasteiger partial charge in [-0.05, 0) is 103 Å². The summed E-state index contributed by atoms with van der Waals surface area (Å²) in [6.45, 7) is 4.68. The van der Waals surface area contributed by atoms with Crippen LogP contribution in [-0.4, -0.2) is 34.6 Å². The molecule has 5 heteroatoms. The van der Waals surface area contributed by atoms with Crippen molar-refractivity contribution in [3.63, 3.8) is 0 Å². The van der Waals surface area contributed by atoms with Crippen molar-refractivity contribution in [2.75, 3.05) is 20.1 Å². The van der Waals surface area contributed by atoms with E-state index in [2.05, 4.69) is 63.6 Å². The van der Waals surface area contributed by atoms with Gasteiger partial charge in [0.25, 0.3) is 5.56 Å². The first-order valence-corrected chi connectivity index (χ1v) is 15.8. The van der Waals surface area contributed by atoms with Gasteiger partial charge in [0.15, 0.2) is 0 Å². The van der Waals surface area contributed by atoms with Crippen LogP contribution in [-0.2, 0) is 5.41 Å². The van der Waals surface area contributed by atoms with Crippen LogP contribution in [0.15, 0.2) is 45.7 Å². The third kappa shape index (κ3) is 4.68. The van der Waals surface area contributed by atoms with Gasteiger partial charge >= 0.3 is 0 Å². The maximum atomic E-state index is 13.1. The van der Waals surface area contributed by atoms with E-state index < -0.39 is 0 Å². The summed E-state index contributed by atoms with van der Waals surface area (Å²) >= 11 is 3.61. The second kappa shape index (κ2) is 10.9. The smallest absolute Gasteiger partial charge is 0.281 e. The number of fused-ring (bicyclic) bond motifs is 7. The zero-order valence-electron chi connectivity index (χ0n) is 23.1. The lowest BCUT2D eigenvalue weighted by Crippen LogP contribution is -2.32. The first kappa shape index (κ1) is 26.3. The van der Waals surface area contributed by atoms with E-state index >= 15 is 0 Å². The van der Waals surface area contributed by atoms with E-state index in [1.807, 2.05) is 12.1 Å². The van der Waals surface area contributed by atoms with Gasteiger partial charge in [-0.2, -0.15) is 4.98 Å². The fraction of sp³-hybridized carbons (Fsp3) is 0.576. The number of nitrogens with zero attached hydrogens (tertiary/aromatic N) is 3. The monoisotopic (exact) mass is 575 g/mol. The largest absolute Gasteiger partial charge is 0.306 e. The molecule has 7 rings (SSSR count). The molecule has 0 N–H and O–H groups in total. The number of hydrogen-bond donors (Lipinski definition) is 0. The van der Waals surface area contributed by atoms with Crippen LogP contribution in [0, 0.1) is 5.92 Å². The maximum absolute atomic E-state index is 13.1. The van der Waals surface area contributed by atoms with Gasteiger partial charge in [0.1, 0.15) is 5.82 Å². The fourth-order valence-corrected chi connectivity index (χ4v) is 8.13. The minimum Gasteiger partial charge on any atom is -0.306 e. The van der Waals surface area contributed by atoms with E-state index in [9.17, 15) is 4.79 Å². The maximum Gasteiger partial charge on any atom is 0.281 e. The number of benzene rings is 2. The van der Waals surface area contributed by atoms with E-state index in [4.69, 9.17) is 4.98 Å². The highest BCUT2D eigenvalue weighted by molar-refractivity contribution is 9.10. The minimum atomic E-state index is -0.117. The molecule has 0 atom stereocenters. The van der Waals surface area contributed by atoms with Crippen LogP contribution in [0.3, 0.4) is 0 Å². The van der Waals surface area contributed by atoms with Crippen molar-refractivity contribution in [3.05, 3.63) is 68.2 Å². The minimum absolute atomic E-state index is 0.109. The molecule has 0 amide bonds. The topological polar surface area (TPSA) is 38.1 Å². The predicted octanol–water partition coefficient (Wildman–Crippen LogP) is 8.11. The summed E-state index contributed by atoms with van der Waals surface area (Å²) in [7, 11) is 2.22. The summed E-state index contributed by atoms with van der Waals surface area (Å²) in [6, 6.07) is 13.2. The Morgan fingerprint density at radius 3 is 2.32 bits per heavy atom. The molecule has 1 aromatic heterocycles. The molecule has 202 valence electrons. The first-order chi connectivity index (χ1) is 18.5. The summed E-state index contributed by atoms with van der Waals surface area (Å²) in [5.74, 6) is 2.62. The summed E-state index contributed by atoms with van der Waals surface area (Å²) < 4.78 is 3.15. The van der Waals surface area contributed by atoms with Gasteiger partial charge in [0.2, 0.25) is 0 Å². The van der Waals surface area contributed by atoms with Crippen LogP contribution in [0.2, 0.25) is 0 Å². The quantitative estimate of drug-likeness (QED) is 0.294. The molecule has 2 saturated carbocycles. The average molecular weight is 577 g/mol. The van der Waals surface area contributed by atoms with Crippen LogP contribution >= 0.6 is 15.9 Å². The van der Waals surface area contributed by atoms with E-state index in [0.717, 1.165) is 47.7 Å². The lowest BCUT2D eigenvalue weighted by Gasteiger charge is -2.34. The van der Waals surface area contributed by atoms with Crippen molar-refractivity contribution in [1.82, 2.24) is 14.5 Å². The van der Waals surface area contributed by atoms with Crippen molar-refractivity contribution >= 4 is 26.8 Å².